The van der Waals surface area contributed by atoms with E-state index in [2.05, 4.69) is 4.74 Å². The predicted octanol–water partition coefficient (Wildman–Crippen LogP) is 3.43. The van der Waals surface area contributed by atoms with Crippen LogP contribution in [0.4, 0.5) is 0 Å². The molecule has 2 N–H and O–H groups in total. The van der Waals surface area contributed by atoms with Crippen LogP contribution in [-0.4, -0.2) is 35.0 Å². The van der Waals surface area contributed by atoms with Gasteiger partial charge in [0, 0.05) is 0 Å². The zero-order valence-corrected chi connectivity index (χ0v) is 18.4. The van der Waals surface area contributed by atoms with Gasteiger partial charge in [-0.1, -0.05) is 48.5 Å². The van der Waals surface area contributed by atoms with Gasteiger partial charge in [-0.3, -0.25) is 4.79 Å². The van der Waals surface area contributed by atoms with Crippen molar-refractivity contribution in [3.05, 3.63) is 107 Å². The van der Waals surface area contributed by atoms with Gasteiger partial charge in [0.1, 0.15) is 5.75 Å². The molecule has 0 atom stereocenters. The number of hydrogen-bond acceptors (Lipinski definition) is 8. The van der Waals surface area contributed by atoms with Crippen molar-refractivity contribution in [2.45, 2.75) is 12.9 Å². The minimum Gasteiger partial charge on any atom is -0.465 e. The summed E-state index contributed by atoms with van der Waals surface area (Å²) in [5.41, 5.74) is 0.551. The first-order chi connectivity index (χ1) is 16.2. The number of carbonyl (C=O) groups excluding carboxylic acids is 3. The van der Waals surface area contributed by atoms with E-state index in [1.807, 2.05) is 0 Å². The fourth-order valence-corrected chi connectivity index (χ4v) is 2.99. The molecule has 3 aromatic carbocycles. The third-order valence-corrected chi connectivity index (χ3v) is 4.68. The highest BCUT2D eigenvalue weighted by atomic mass is 16.8. The van der Waals surface area contributed by atoms with Gasteiger partial charge in [0.25, 0.3) is 0 Å². The Morgan fingerprint density at radius 3 is 2.09 bits per heavy atom. The van der Waals surface area contributed by atoms with E-state index >= 15 is 0 Å². The van der Waals surface area contributed by atoms with E-state index in [0.717, 1.165) is 0 Å². The molecule has 0 saturated carbocycles. The molecule has 34 heavy (non-hydrogen) atoms. The molecule has 174 valence electrons. The number of carbonyl (C=O) groups is 3. The van der Waals surface area contributed by atoms with Crippen molar-refractivity contribution in [1.82, 2.24) is 0 Å². The smallest absolute Gasteiger partial charge is 0.379 e. The van der Waals surface area contributed by atoms with Crippen LogP contribution in [0.3, 0.4) is 0 Å². The Labute approximate surface area is 195 Å². The molecule has 3 rings (SSSR count). The fraction of sp³-hybridized carbons (Fsp3) is 0.115. The van der Waals surface area contributed by atoms with Gasteiger partial charge in [-0.2, -0.15) is 0 Å². The molecule has 0 amide bonds. The van der Waals surface area contributed by atoms with Crippen LogP contribution in [0.15, 0.2) is 84.6 Å². The van der Waals surface area contributed by atoms with E-state index in [1.54, 1.807) is 48.5 Å². The molecule has 0 spiro atoms. The molecule has 0 saturated heterocycles. The molecule has 0 fully saturated rings. The summed E-state index contributed by atoms with van der Waals surface area (Å²) in [4.78, 5) is 37.0. The molecule has 0 bridgehead atoms. The van der Waals surface area contributed by atoms with Crippen LogP contribution in [0, 0.1) is 0 Å². The number of benzene rings is 3. The van der Waals surface area contributed by atoms with E-state index in [9.17, 15) is 24.6 Å². The van der Waals surface area contributed by atoms with Crippen molar-refractivity contribution in [2.24, 2.45) is 0 Å². The van der Waals surface area contributed by atoms with Crippen molar-refractivity contribution in [3.63, 3.8) is 0 Å². The normalized spacial score (nSPS) is 11.5. The lowest BCUT2D eigenvalue weighted by atomic mass is 10.1. The van der Waals surface area contributed by atoms with Gasteiger partial charge in [0.15, 0.2) is 5.78 Å². The minimum atomic E-state index is -2.85. The molecule has 0 aliphatic rings. The first kappa shape index (κ1) is 24.4. The van der Waals surface area contributed by atoms with Gasteiger partial charge in [-0.15, -0.1) is 0 Å². The Balaban J connectivity index is 1.97. The number of ketones is 1. The van der Waals surface area contributed by atoms with Crippen LogP contribution in [0.5, 0.6) is 5.75 Å². The number of hydrogen-bond donors (Lipinski definition) is 2. The standard InChI is InChI=1S/C26H22O8/c1-17(27)21-16-19(24(28)32-2)13-14-22(21)33-25(29)23(15-18-9-5-3-6-10-18)34-26(30,31)20-11-7-4-8-12-20/h3-16,30-31H,1-2H3. The van der Waals surface area contributed by atoms with Crippen molar-refractivity contribution in [3.8, 4) is 5.75 Å². The van der Waals surface area contributed by atoms with Crippen molar-refractivity contribution in [1.29, 1.82) is 0 Å². The first-order valence-corrected chi connectivity index (χ1v) is 10.1. The second-order valence-corrected chi connectivity index (χ2v) is 7.14. The van der Waals surface area contributed by atoms with Gasteiger partial charge in [-0.25, -0.2) is 9.59 Å². The molecule has 0 radical (unpaired) electrons. The molecular weight excluding hydrogens is 440 g/mol. The van der Waals surface area contributed by atoms with E-state index < -0.39 is 29.5 Å². The van der Waals surface area contributed by atoms with E-state index in [-0.39, 0.29) is 22.4 Å². The molecule has 8 heteroatoms. The number of rotatable bonds is 8. The maximum atomic E-state index is 13.0. The fourth-order valence-electron chi connectivity index (χ4n) is 2.99. The average Bonchev–Trinajstić information content (AvgIpc) is 2.84. The van der Waals surface area contributed by atoms with Gasteiger partial charge < -0.3 is 24.4 Å². The molecular formula is C26H22O8. The summed E-state index contributed by atoms with van der Waals surface area (Å²) in [6.07, 6.45) is 1.27. The van der Waals surface area contributed by atoms with Crippen molar-refractivity contribution >= 4 is 23.8 Å². The van der Waals surface area contributed by atoms with Gasteiger partial charge in [0.05, 0.1) is 23.8 Å². The maximum Gasteiger partial charge on any atom is 0.379 e. The zero-order chi connectivity index (χ0) is 24.7. The third kappa shape index (κ3) is 5.94. The Kier molecular flexibility index (Phi) is 7.57. The topological polar surface area (TPSA) is 119 Å². The molecule has 0 heterocycles. The highest BCUT2D eigenvalue weighted by Gasteiger charge is 2.33. The number of Topliss-reactive ketones (excluding diaryl/α,β-unsaturated/α-hetero) is 1. The highest BCUT2D eigenvalue weighted by molar-refractivity contribution is 6.01. The van der Waals surface area contributed by atoms with Crippen LogP contribution in [0.2, 0.25) is 0 Å². The molecule has 0 unspecified atom stereocenters. The Bertz CT molecular complexity index is 1210. The van der Waals surface area contributed by atoms with E-state index in [1.165, 1.54) is 50.4 Å². The average molecular weight is 462 g/mol. The molecule has 0 aromatic heterocycles. The number of esters is 2. The number of methoxy groups -OCH3 is 1. The van der Waals surface area contributed by atoms with Gasteiger partial charge in [0.2, 0.25) is 5.76 Å². The summed E-state index contributed by atoms with van der Waals surface area (Å²) in [6, 6.07) is 20.0. The number of aliphatic hydroxyl groups is 2. The van der Waals surface area contributed by atoms with Gasteiger partial charge >= 0.3 is 17.9 Å². The Morgan fingerprint density at radius 1 is 0.882 bits per heavy atom. The monoisotopic (exact) mass is 462 g/mol. The van der Waals surface area contributed by atoms with E-state index in [0.29, 0.717) is 5.56 Å². The summed E-state index contributed by atoms with van der Waals surface area (Å²) in [7, 11) is 1.20. The summed E-state index contributed by atoms with van der Waals surface area (Å²) < 4.78 is 15.3. The van der Waals surface area contributed by atoms with Gasteiger partial charge in [-0.05, 0) is 48.9 Å². The zero-order valence-electron chi connectivity index (χ0n) is 18.4. The molecule has 8 nitrogen and oxygen atoms in total. The lowest BCUT2D eigenvalue weighted by Crippen LogP contribution is -2.31. The largest absolute Gasteiger partial charge is 0.465 e. The minimum absolute atomic E-state index is 0.0198. The van der Waals surface area contributed by atoms with Crippen LogP contribution < -0.4 is 4.74 Å². The summed E-state index contributed by atoms with van der Waals surface area (Å²) in [6.45, 7) is 1.24. The van der Waals surface area contributed by atoms with Crippen LogP contribution >= 0.6 is 0 Å². The van der Waals surface area contributed by atoms with Crippen molar-refractivity contribution < 1.29 is 38.8 Å². The quantitative estimate of drug-likeness (QED) is 0.131. The molecule has 0 aliphatic heterocycles. The lowest BCUT2D eigenvalue weighted by Gasteiger charge is -2.24. The lowest BCUT2D eigenvalue weighted by molar-refractivity contribution is -0.331. The van der Waals surface area contributed by atoms with E-state index in [4.69, 9.17) is 9.47 Å². The SMILES string of the molecule is COC(=O)c1ccc(OC(=O)C(=Cc2ccccc2)OC(O)(O)c2ccccc2)c(C(C)=O)c1. The molecule has 0 aliphatic carbocycles. The second-order valence-electron chi connectivity index (χ2n) is 7.14. The van der Waals surface area contributed by atoms with Crippen LogP contribution in [0.1, 0.15) is 38.8 Å². The highest BCUT2D eigenvalue weighted by Crippen LogP contribution is 2.27. The van der Waals surface area contributed by atoms with Crippen molar-refractivity contribution in [2.75, 3.05) is 7.11 Å². The third-order valence-electron chi connectivity index (χ3n) is 4.68. The Morgan fingerprint density at radius 2 is 1.50 bits per heavy atom. The predicted molar refractivity (Wildman–Crippen MR) is 121 cm³/mol. The van der Waals surface area contributed by atoms with Crippen LogP contribution in [0.25, 0.3) is 6.08 Å². The number of ether oxygens (including phenoxy) is 3. The van der Waals surface area contributed by atoms with Crippen LogP contribution in [-0.2, 0) is 20.2 Å². The Hall–Kier alpha value is -4.27. The second kappa shape index (κ2) is 10.6. The first-order valence-electron chi connectivity index (χ1n) is 10.1. The molecule has 3 aromatic rings. The summed E-state index contributed by atoms with van der Waals surface area (Å²) in [5.74, 6) is -5.76. The maximum absolute atomic E-state index is 13.0. The summed E-state index contributed by atoms with van der Waals surface area (Å²) in [5, 5.41) is 21.0. The summed E-state index contributed by atoms with van der Waals surface area (Å²) >= 11 is 0.